The summed E-state index contributed by atoms with van der Waals surface area (Å²) in [5.74, 6) is 1.16. The van der Waals surface area contributed by atoms with E-state index in [0.29, 0.717) is 6.42 Å². The monoisotopic (exact) mass is 186 g/mol. The van der Waals surface area contributed by atoms with Gasteiger partial charge < -0.3 is 0 Å². The highest BCUT2D eigenvalue weighted by atomic mass is 15.2. The Morgan fingerprint density at radius 3 is 3.29 bits per heavy atom. The van der Waals surface area contributed by atoms with Gasteiger partial charge in [0.1, 0.15) is 13.1 Å². The third-order valence-electron chi connectivity index (χ3n) is 2.26. The molecule has 0 aromatic heterocycles. The zero-order valence-corrected chi connectivity index (χ0v) is 7.93. The third kappa shape index (κ3) is 1.60. The molecule has 0 atom stereocenters. The predicted molar refractivity (Wildman–Crippen MR) is 54.5 cm³/mol. The molecule has 2 rings (SSSR count). The minimum absolute atomic E-state index is 0.555. The molecule has 0 saturated heterocycles. The van der Waals surface area contributed by atoms with Gasteiger partial charge >= 0.3 is 0 Å². The van der Waals surface area contributed by atoms with Crippen LogP contribution in [0.5, 0.6) is 0 Å². The highest BCUT2D eigenvalue weighted by Crippen LogP contribution is 2.07. The van der Waals surface area contributed by atoms with Crippen molar-refractivity contribution in [3.8, 4) is 6.07 Å². The molecular weight excluding hydrogens is 174 g/mol. The second kappa shape index (κ2) is 3.93. The van der Waals surface area contributed by atoms with E-state index < -0.39 is 0 Å². The molecule has 0 amide bonds. The van der Waals surface area contributed by atoms with E-state index in [4.69, 9.17) is 5.26 Å². The Labute approximate surface area is 83.6 Å². The van der Waals surface area contributed by atoms with Crippen molar-refractivity contribution < 1.29 is 4.58 Å². The topological polar surface area (TPSA) is 30.0 Å². The van der Waals surface area contributed by atoms with E-state index in [1.165, 1.54) is 0 Å². The Morgan fingerprint density at radius 1 is 1.50 bits per heavy atom. The summed E-state index contributed by atoms with van der Waals surface area (Å²) in [6.45, 7) is 1.68. The van der Waals surface area contributed by atoms with E-state index in [1.54, 1.807) is 0 Å². The lowest BCUT2D eigenvalue weighted by Gasteiger charge is -2.19. The van der Waals surface area contributed by atoms with Crippen molar-refractivity contribution in [3.63, 3.8) is 0 Å². The Bertz CT molecular complexity index is 380. The molecule has 2 aliphatic heterocycles. The van der Waals surface area contributed by atoms with E-state index in [0.717, 1.165) is 18.9 Å². The Kier molecular flexibility index (Phi) is 2.46. The van der Waals surface area contributed by atoms with E-state index >= 15 is 0 Å². The van der Waals surface area contributed by atoms with Gasteiger partial charge in [-0.15, -0.1) is 0 Å². The summed E-state index contributed by atoms with van der Waals surface area (Å²) in [5.41, 5.74) is 0. The largest absolute Gasteiger partial charge is 0.281 e. The lowest BCUT2D eigenvalue weighted by Crippen LogP contribution is -2.36. The quantitative estimate of drug-likeness (QED) is 0.607. The second-order valence-electron chi connectivity index (χ2n) is 3.20. The molecule has 0 fully saturated rings. The van der Waals surface area contributed by atoms with E-state index in [-0.39, 0.29) is 0 Å². The van der Waals surface area contributed by atoms with Crippen molar-refractivity contribution in [2.24, 2.45) is 0 Å². The molecule has 0 spiro atoms. The number of amidine groups is 1. The van der Waals surface area contributed by atoms with Crippen LogP contribution in [0.15, 0.2) is 36.7 Å². The molecular formula is C11H12N3+. The molecule has 0 saturated carbocycles. The average Bonchev–Trinajstić information content (AvgIpc) is 2.26. The summed E-state index contributed by atoms with van der Waals surface area (Å²) in [4.78, 5) is 2.16. The number of rotatable bonds is 2. The molecule has 14 heavy (non-hydrogen) atoms. The first kappa shape index (κ1) is 8.76. The molecule has 3 nitrogen and oxygen atoms in total. The maximum Gasteiger partial charge on any atom is 0.281 e. The van der Waals surface area contributed by atoms with Crippen LogP contribution in [0.1, 0.15) is 6.42 Å². The number of nitrogens with zero attached hydrogens (tertiary/aromatic N) is 3. The maximum absolute atomic E-state index is 8.54. The van der Waals surface area contributed by atoms with Gasteiger partial charge in [-0.05, 0) is 12.2 Å². The smallest absolute Gasteiger partial charge is 0.233 e. The van der Waals surface area contributed by atoms with Crippen LogP contribution < -0.4 is 0 Å². The van der Waals surface area contributed by atoms with Gasteiger partial charge in [-0.3, -0.25) is 0 Å². The fourth-order valence-corrected chi connectivity index (χ4v) is 1.61. The van der Waals surface area contributed by atoms with Gasteiger partial charge in [0.15, 0.2) is 0 Å². The van der Waals surface area contributed by atoms with Crippen LogP contribution in [0.2, 0.25) is 0 Å². The van der Waals surface area contributed by atoms with Gasteiger partial charge in [0.25, 0.3) is 5.84 Å². The van der Waals surface area contributed by atoms with Crippen molar-refractivity contribution in [3.05, 3.63) is 36.7 Å². The van der Waals surface area contributed by atoms with Crippen molar-refractivity contribution in [2.75, 3.05) is 13.1 Å². The molecule has 0 radical (unpaired) electrons. The second-order valence-corrected chi connectivity index (χ2v) is 3.20. The SMILES string of the molecule is N#CCC[N+]1=C2C=CC=CN2CC=C1. The fourth-order valence-electron chi connectivity index (χ4n) is 1.61. The van der Waals surface area contributed by atoms with Crippen molar-refractivity contribution in [1.82, 2.24) is 4.90 Å². The summed E-state index contributed by atoms with van der Waals surface area (Å²) in [5, 5.41) is 8.54. The first-order chi connectivity index (χ1) is 6.92. The molecule has 3 heteroatoms. The zero-order valence-electron chi connectivity index (χ0n) is 7.93. The summed E-state index contributed by atoms with van der Waals surface area (Å²) in [6, 6.07) is 2.16. The van der Waals surface area contributed by atoms with Crippen LogP contribution >= 0.6 is 0 Å². The first-order valence-corrected chi connectivity index (χ1v) is 4.70. The molecule has 0 aromatic rings. The minimum atomic E-state index is 0.555. The Hall–Kier alpha value is -1.82. The highest BCUT2D eigenvalue weighted by Gasteiger charge is 2.21. The molecule has 2 heterocycles. The van der Waals surface area contributed by atoms with Crippen LogP contribution in [-0.2, 0) is 0 Å². The molecule has 0 bridgehead atoms. The molecule has 2 aliphatic rings. The lowest BCUT2D eigenvalue weighted by molar-refractivity contribution is -0.462. The summed E-state index contributed by atoms with van der Waals surface area (Å²) < 4.78 is 2.10. The fraction of sp³-hybridized carbons (Fsp3) is 0.273. The number of allylic oxidation sites excluding steroid dienone is 2. The summed E-state index contributed by atoms with van der Waals surface area (Å²) >= 11 is 0. The summed E-state index contributed by atoms with van der Waals surface area (Å²) in [7, 11) is 0. The molecule has 0 aromatic carbocycles. The predicted octanol–water partition coefficient (Wildman–Crippen LogP) is 1.22. The van der Waals surface area contributed by atoms with Crippen LogP contribution in [0.3, 0.4) is 0 Å². The van der Waals surface area contributed by atoms with Gasteiger partial charge in [-0.2, -0.15) is 5.26 Å². The maximum atomic E-state index is 8.54. The van der Waals surface area contributed by atoms with Crippen LogP contribution in [0.25, 0.3) is 0 Å². The summed E-state index contributed by atoms with van der Waals surface area (Å²) in [6.07, 6.45) is 12.9. The molecule has 0 unspecified atom stereocenters. The van der Waals surface area contributed by atoms with E-state index in [1.807, 2.05) is 18.4 Å². The first-order valence-electron chi connectivity index (χ1n) is 4.70. The number of fused-ring (bicyclic) bond motifs is 1. The van der Waals surface area contributed by atoms with Gasteiger partial charge in [0, 0.05) is 6.08 Å². The van der Waals surface area contributed by atoms with Gasteiger partial charge in [-0.1, -0.05) is 6.08 Å². The normalized spacial score (nSPS) is 18.4. The van der Waals surface area contributed by atoms with E-state index in [9.17, 15) is 0 Å². The number of hydrogen-bond donors (Lipinski definition) is 0. The molecule has 0 aliphatic carbocycles. The molecule has 70 valence electrons. The lowest BCUT2D eigenvalue weighted by atomic mass is 10.2. The van der Waals surface area contributed by atoms with Gasteiger partial charge in [0.05, 0.1) is 24.9 Å². The Balaban J connectivity index is 2.23. The minimum Gasteiger partial charge on any atom is -0.233 e. The van der Waals surface area contributed by atoms with Crippen molar-refractivity contribution in [2.45, 2.75) is 6.42 Å². The van der Waals surface area contributed by atoms with Crippen molar-refractivity contribution >= 4 is 5.84 Å². The highest BCUT2D eigenvalue weighted by molar-refractivity contribution is 5.91. The third-order valence-corrected chi connectivity index (χ3v) is 2.26. The standard InChI is InChI=1S/C11H12N3/c12-6-3-8-14-10-4-9-13-7-2-1-5-11(13)14/h1-2,4-5,7,10H,3,8-9H2/q+1. The van der Waals surface area contributed by atoms with Gasteiger partial charge in [0.2, 0.25) is 0 Å². The van der Waals surface area contributed by atoms with Crippen LogP contribution in [0, 0.1) is 11.3 Å². The average molecular weight is 186 g/mol. The van der Waals surface area contributed by atoms with Crippen LogP contribution in [0.4, 0.5) is 0 Å². The number of nitriles is 1. The van der Waals surface area contributed by atoms with Crippen molar-refractivity contribution in [1.29, 1.82) is 5.26 Å². The van der Waals surface area contributed by atoms with Gasteiger partial charge in [-0.25, -0.2) is 9.48 Å². The van der Waals surface area contributed by atoms with Crippen LogP contribution in [-0.4, -0.2) is 28.4 Å². The zero-order chi connectivity index (χ0) is 9.80. The van der Waals surface area contributed by atoms with E-state index in [2.05, 4.69) is 33.9 Å². The number of hydrogen-bond acceptors (Lipinski definition) is 2. The molecule has 0 N–H and O–H groups in total. The Morgan fingerprint density at radius 2 is 2.43 bits per heavy atom.